The molecule has 49 heavy (non-hydrogen) atoms. The molecule has 2 bridgehead atoms. The number of allylic oxidation sites excluding steroid dienone is 2. The van der Waals surface area contributed by atoms with Crippen LogP contribution >= 0.6 is 0 Å². The number of rotatable bonds is 4. The van der Waals surface area contributed by atoms with Crippen LogP contribution in [0.5, 0.6) is 0 Å². The van der Waals surface area contributed by atoms with Gasteiger partial charge in [-0.1, -0.05) is 43.7 Å². The van der Waals surface area contributed by atoms with Crippen molar-refractivity contribution in [2.24, 2.45) is 11.8 Å². The first-order chi connectivity index (χ1) is 23.4. The van der Waals surface area contributed by atoms with Crippen molar-refractivity contribution >= 4 is 29.6 Å². The third kappa shape index (κ3) is 11.1. The number of hydrogen-bond donors (Lipinski definition) is 3. The van der Waals surface area contributed by atoms with Gasteiger partial charge in [-0.2, -0.15) is 0 Å². The van der Waals surface area contributed by atoms with Gasteiger partial charge in [-0.05, 0) is 50.1 Å². The molecular formula is C35H42F2N4O8. The maximum atomic E-state index is 14.8. The van der Waals surface area contributed by atoms with Gasteiger partial charge in [0, 0.05) is 37.0 Å². The number of oxazole rings is 1. The lowest BCUT2D eigenvalue weighted by Gasteiger charge is -2.30. The van der Waals surface area contributed by atoms with E-state index in [1.54, 1.807) is 39.0 Å². The van der Waals surface area contributed by atoms with Gasteiger partial charge in [0.15, 0.2) is 11.6 Å². The number of halogens is 2. The number of aliphatic hydroxyl groups excluding tert-OH is 1. The van der Waals surface area contributed by atoms with Crippen LogP contribution < -0.4 is 10.6 Å². The third-order valence-electron chi connectivity index (χ3n) is 8.13. The first-order valence-electron chi connectivity index (χ1n) is 16.2. The van der Waals surface area contributed by atoms with Gasteiger partial charge in [0.2, 0.25) is 5.91 Å². The van der Waals surface area contributed by atoms with E-state index >= 15 is 0 Å². The van der Waals surface area contributed by atoms with Gasteiger partial charge < -0.3 is 29.2 Å². The first kappa shape index (κ1) is 37.0. The average molecular weight is 685 g/mol. The summed E-state index contributed by atoms with van der Waals surface area (Å²) in [6.45, 7) is 5.43. The highest BCUT2D eigenvalue weighted by molar-refractivity contribution is 5.95. The maximum absolute atomic E-state index is 14.8. The second-order valence-corrected chi connectivity index (χ2v) is 12.3. The van der Waals surface area contributed by atoms with Crippen molar-refractivity contribution in [3.63, 3.8) is 0 Å². The fourth-order valence-corrected chi connectivity index (χ4v) is 5.62. The summed E-state index contributed by atoms with van der Waals surface area (Å²) in [5, 5.41) is 15.5. The molecule has 0 spiro atoms. The number of fused-ring (bicyclic) bond motifs is 3. The van der Waals surface area contributed by atoms with E-state index in [-0.39, 0.29) is 44.1 Å². The Morgan fingerprint density at radius 3 is 2.73 bits per heavy atom. The number of cyclic esters (lactones) is 1. The number of aromatic nitrogens is 1. The lowest BCUT2D eigenvalue weighted by atomic mass is 9.93. The molecule has 3 N–H and O–H groups in total. The normalized spacial score (nSPS) is 27.5. The van der Waals surface area contributed by atoms with Gasteiger partial charge in [0.25, 0.3) is 5.91 Å². The van der Waals surface area contributed by atoms with Gasteiger partial charge in [-0.3, -0.25) is 14.9 Å². The number of benzene rings is 1. The summed E-state index contributed by atoms with van der Waals surface area (Å²) in [5.74, 6) is -3.26. The minimum atomic E-state index is -1.51. The van der Waals surface area contributed by atoms with Crippen molar-refractivity contribution in [1.82, 2.24) is 15.2 Å². The lowest BCUT2D eigenvalue weighted by Crippen LogP contribution is -2.44. The Balaban J connectivity index is 1.53. The molecule has 1 saturated heterocycles. The highest BCUT2D eigenvalue weighted by Gasteiger charge is 2.39. The smallest absolute Gasteiger partial charge is 0.411 e. The molecule has 1 fully saturated rings. The number of aliphatic hydroxyl groups is 1. The molecule has 1 aromatic heterocycles. The average Bonchev–Trinajstić information content (AvgIpc) is 3.74. The molecule has 2 aromatic rings. The Labute approximate surface area is 283 Å². The number of nitrogens with one attached hydrogen (secondary N) is 2. The van der Waals surface area contributed by atoms with E-state index in [9.17, 15) is 33.1 Å². The van der Waals surface area contributed by atoms with Crippen molar-refractivity contribution in [3.05, 3.63) is 83.9 Å². The minimum Gasteiger partial charge on any atom is -0.460 e. The molecule has 14 heteroatoms. The van der Waals surface area contributed by atoms with Crippen LogP contribution in [0.15, 0.2) is 70.9 Å². The summed E-state index contributed by atoms with van der Waals surface area (Å²) in [6, 6.07) is 4.19. The summed E-state index contributed by atoms with van der Waals surface area (Å²) in [5.41, 5.74) is 0.896. The second kappa shape index (κ2) is 17.5. The fourth-order valence-electron chi connectivity index (χ4n) is 5.62. The molecule has 264 valence electrons. The zero-order chi connectivity index (χ0) is 35.5. The van der Waals surface area contributed by atoms with Gasteiger partial charge in [-0.25, -0.2) is 23.4 Å². The molecule has 2 aliphatic heterocycles. The molecule has 2 aliphatic rings. The number of alkyl halides is 1. The minimum absolute atomic E-state index is 0.0194. The SMILES string of the molecule is CC1=C\C(O)CC(F)Cc2nc(co2)C(=O)N2CCCC2C(=O)OC(C(C)COC(=O)Nc2ccc(F)cc2)C(C)/C=C/C(=O)NC\C=C\1. The largest absolute Gasteiger partial charge is 0.460 e. The predicted octanol–water partition coefficient (Wildman–Crippen LogP) is 4.67. The molecule has 6 atom stereocenters. The van der Waals surface area contributed by atoms with E-state index in [0.717, 1.165) is 6.26 Å². The molecular weight excluding hydrogens is 642 g/mol. The van der Waals surface area contributed by atoms with Crippen LogP contribution in [0.4, 0.5) is 19.3 Å². The number of amides is 3. The van der Waals surface area contributed by atoms with Crippen LogP contribution in [0.3, 0.4) is 0 Å². The monoisotopic (exact) mass is 684 g/mol. The van der Waals surface area contributed by atoms with E-state index in [0.29, 0.717) is 24.1 Å². The van der Waals surface area contributed by atoms with Gasteiger partial charge in [-0.15, -0.1) is 0 Å². The Hall–Kier alpha value is -4.85. The highest BCUT2D eigenvalue weighted by atomic mass is 19.1. The van der Waals surface area contributed by atoms with Crippen LogP contribution in [-0.2, 0) is 25.5 Å². The van der Waals surface area contributed by atoms with Crippen LogP contribution in [0.1, 0.15) is 56.4 Å². The quantitative estimate of drug-likeness (QED) is 0.389. The number of carbonyl (C=O) groups is 4. The number of esters is 1. The highest BCUT2D eigenvalue weighted by Crippen LogP contribution is 2.26. The molecule has 12 nitrogen and oxygen atoms in total. The van der Waals surface area contributed by atoms with E-state index in [2.05, 4.69) is 15.6 Å². The zero-order valence-electron chi connectivity index (χ0n) is 27.6. The second-order valence-electron chi connectivity index (χ2n) is 12.3. The maximum Gasteiger partial charge on any atom is 0.411 e. The number of ether oxygens (including phenoxy) is 2. The van der Waals surface area contributed by atoms with Crippen molar-refractivity contribution in [3.8, 4) is 0 Å². The molecule has 0 saturated carbocycles. The van der Waals surface area contributed by atoms with Gasteiger partial charge >= 0.3 is 12.1 Å². The summed E-state index contributed by atoms with van der Waals surface area (Å²) < 4.78 is 44.7. The van der Waals surface area contributed by atoms with E-state index in [1.165, 1.54) is 41.3 Å². The number of anilines is 1. The van der Waals surface area contributed by atoms with Crippen LogP contribution in [-0.4, -0.2) is 83.0 Å². The van der Waals surface area contributed by atoms with E-state index in [4.69, 9.17) is 13.9 Å². The predicted molar refractivity (Wildman–Crippen MR) is 174 cm³/mol. The van der Waals surface area contributed by atoms with Crippen LogP contribution in [0.25, 0.3) is 0 Å². The molecule has 0 radical (unpaired) electrons. The Kier molecular flexibility index (Phi) is 13.2. The van der Waals surface area contributed by atoms with E-state index < -0.39 is 66.0 Å². The molecule has 1 aromatic carbocycles. The standard InChI is InChI=1S/C35H42F2N4O8/c1-21-6-4-14-38-30(43)13-8-22(2)32(23(3)19-48-35(46)39-26-11-9-24(36)10-12-26)49-34(45)29-7-5-15-41(29)33(44)28-20-47-31(40-28)18-25(37)17-27(42)16-21/h4,6,8-13,16,20,22-23,25,27,29,32,42H,5,7,14-15,17-19H2,1-3H3,(H,38,43)(H,39,46)/b6-4+,13-8+,21-16+. The topological polar surface area (TPSA) is 160 Å². The number of nitrogens with zero attached hydrogens (tertiary/aromatic N) is 2. The summed E-state index contributed by atoms with van der Waals surface area (Å²) >= 11 is 0. The summed E-state index contributed by atoms with van der Waals surface area (Å²) in [4.78, 5) is 57.5. The fraction of sp³-hybridized carbons (Fsp3) is 0.457. The van der Waals surface area contributed by atoms with Crippen LogP contribution in [0, 0.1) is 17.7 Å². The van der Waals surface area contributed by atoms with Gasteiger partial charge in [0.1, 0.15) is 30.4 Å². The summed E-state index contributed by atoms with van der Waals surface area (Å²) in [7, 11) is 0. The molecule has 4 rings (SSSR count). The Bertz CT molecular complexity index is 1560. The zero-order valence-corrected chi connectivity index (χ0v) is 27.6. The van der Waals surface area contributed by atoms with Gasteiger partial charge in [0.05, 0.1) is 19.1 Å². The molecule has 6 unspecified atom stereocenters. The van der Waals surface area contributed by atoms with Crippen LogP contribution in [0.2, 0.25) is 0 Å². The van der Waals surface area contributed by atoms with Crippen molar-refractivity contribution in [2.45, 2.75) is 70.9 Å². The first-order valence-corrected chi connectivity index (χ1v) is 16.2. The van der Waals surface area contributed by atoms with Crippen molar-refractivity contribution in [1.29, 1.82) is 0 Å². The third-order valence-corrected chi connectivity index (χ3v) is 8.13. The molecule has 3 heterocycles. The number of carbonyl (C=O) groups excluding carboxylic acids is 4. The van der Waals surface area contributed by atoms with Crippen molar-refractivity contribution in [2.75, 3.05) is 25.0 Å². The Morgan fingerprint density at radius 2 is 1.98 bits per heavy atom. The Morgan fingerprint density at radius 1 is 1.22 bits per heavy atom. The number of hydrogen-bond acceptors (Lipinski definition) is 9. The lowest BCUT2D eigenvalue weighted by molar-refractivity contribution is -0.159. The summed E-state index contributed by atoms with van der Waals surface area (Å²) in [6.07, 6.45) is 4.94. The van der Waals surface area contributed by atoms with Crippen molar-refractivity contribution < 1.29 is 47.0 Å². The molecule has 3 amide bonds. The van der Waals surface area contributed by atoms with E-state index in [1.807, 2.05) is 0 Å². The molecule has 0 aliphatic carbocycles.